The first-order chi connectivity index (χ1) is 9.02. The summed E-state index contributed by atoms with van der Waals surface area (Å²) < 4.78 is 4.94. The van der Waals surface area contributed by atoms with Crippen LogP contribution in [0.5, 0.6) is 0 Å². The summed E-state index contributed by atoms with van der Waals surface area (Å²) in [5.74, 6) is -0.482. The summed E-state index contributed by atoms with van der Waals surface area (Å²) in [5, 5.41) is 2.95. The quantitative estimate of drug-likeness (QED) is 0.341. The lowest BCUT2D eigenvalue weighted by Crippen LogP contribution is -2.23. The van der Waals surface area contributed by atoms with E-state index < -0.39 is 5.97 Å². The second-order valence-electron chi connectivity index (χ2n) is 4.19. The Morgan fingerprint density at radius 3 is 2.68 bits per heavy atom. The van der Waals surface area contributed by atoms with Gasteiger partial charge in [-0.15, -0.1) is 6.58 Å². The third kappa shape index (κ3) is 3.54. The molecule has 0 saturated carbocycles. The van der Waals surface area contributed by atoms with Crippen LogP contribution in [-0.4, -0.2) is 36.4 Å². The van der Waals surface area contributed by atoms with Crippen LogP contribution in [-0.2, 0) is 4.74 Å². The van der Waals surface area contributed by atoms with Crippen LogP contribution in [0.2, 0.25) is 0 Å². The summed E-state index contributed by atoms with van der Waals surface area (Å²) in [6.45, 7) is 9.93. The maximum absolute atomic E-state index is 12.1. The van der Waals surface area contributed by atoms with Crippen LogP contribution in [0.25, 0.3) is 0 Å². The van der Waals surface area contributed by atoms with Crippen LogP contribution in [0.3, 0.4) is 0 Å². The van der Waals surface area contributed by atoms with Crippen molar-refractivity contribution in [1.29, 1.82) is 0 Å². The van der Waals surface area contributed by atoms with Gasteiger partial charge in [-0.05, 0) is 26.3 Å². The van der Waals surface area contributed by atoms with Gasteiger partial charge in [0.1, 0.15) is 5.69 Å². The minimum absolute atomic E-state index is 0.0522. The highest BCUT2D eigenvalue weighted by molar-refractivity contribution is 6.03. The van der Waals surface area contributed by atoms with Gasteiger partial charge in [0.05, 0.1) is 13.2 Å². The normalized spacial score (nSPS) is 10.3. The zero-order valence-electron chi connectivity index (χ0n) is 11.6. The first kappa shape index (κ1) is 15.2. The number of hydrogen-bond acceptors (Lipinski definition) is 4. The molecular weight excluding hydrogens is 244 g/mol. The number of H-pyrrole nitrogens is 1. The van der Waals surface area contributed by atoms with Crippen LogP contribution in [0, 0.1) is 13.8 Å². The van der Waals surface area contributed by atoms with Crippen molar-refractivity contribution in [2.24, 2.45) is 0 Å². The molecule has 0 amide bonds. The minimum atomic E-state index is -0.429. The fraction of sp³-hybridized carbons (Fsp3) is 0.429. The van der Waals surface area contributed by atoms with Crippen LogP contribution in [0.15, 0.2) is 12.7 Å². The molecule has 1 heterocycles. The molecule has 1 aromatic rings. The van der Waals surface area contributed by atoms with Gasteiger partial charge in [-0.3, -0.25) is 4.79 Å². The highest BCUT2D eigenvalue weighted by atomic mass is 16.5. The van der Waals surface area contributed by atoms with Crippen LogP contribution in [0.1, 0.15) is 39.0 Å². The van der Waals surface area contributed by atoms with E-state index in [4.69, 9.17) is 4.74 Å². The van der Waals surface area contributed by atoms with E-state index in [1.807, 2.05) is 0 Å². The summed E-state index contributed by atoms with van der Waals surface area (Å²) in [6, 6.07) is 0. The van der Waals surface area contributed by atoms with Crippen molar-refractivity contribution >= 4 is 11.8 Å². The van der Waals surface area contributed by atoms with E-state index in [0.29, 0.717) is 35.7 Å². The SMILES string of the molecule is C=CCNCC(=O)c1c(C)[nH]c(C(=O)OCC)c1C. The summed E-state index contributed by atoms with van der Waals surface area (Å²) in [7, 11) is 0. The predicted molar refractivity (Wildman–Crippen MR) is 73.6 cm³/mol. The molecule has 0 aliphatic heterocycles. The number of aromatic nitrogens is 1. The van der Waals surface area contributed by atoms with E-state index in [2.05, 4.69) is 16.9 Å². The molecule has 0 fully saturated rings. The molecule has 0 spiro atoms. The Morgan fingerprint density at radius 1 is 1.42 bits per heavy atom. The van der Waals surface area contributed by atoms with Gasteiger partial charge < -0.3 is 15.0 Å². The number of hydrogen-bond donors (Lipinski definition) is 2. The molecule has 0 aliphatic carbocycles. The third-order valence-electron chi connectivity index (χ3n) is 2.77. The van der Waals surface area contributed by atoms with E-state index in [1.165, 1.54) is 0 Å². The third-order valence-corrected chi connectivity index (χ3v) is 2.77. The van der Waals surface area contributed by atoms with Gasteiger partial charge in [-0.1, -0.05) is 6.08 Å². The average Bonchev–Trinajstić information content (AvgIpc) is 2.65. The van der Waals surface area contributed by atoms with Gasteiger partial charge >= 0.3 is 5.97 Å². The number of nitrogens with one attached hydrogen (secondary N) is 2. The van der Waals surface area contributed by atoms with Crippen molar-refractivity contribution in [2.45, 2.75) is 20.8 Å². The molecule has 2 N–H and O–H groups in total. The molecule has 1 rings (SSSR count). The van der Waals surface area contributed by atoms with Crippen molar-refractivity contribution in [1.82, 2.24) is 10.3 Å². The number of ketones is 1. The first-order valence-electron chi connectivity index (χ1n) is 6.24. The van der Waals surface area contributed by atoms with E-state index in [9.17, 15) is 9.59 Å². The van der Waals surface area contributed by atoms with Crippen molar-refractivity contribution in [2.75, 3.05) is 19.7 Å². The Kier molecular flexibility index (Phi) is 5.51. The lowest BCUT2D eigenvalue weighted by atomic mass is 10.1. The zero-order chi connectivity index (χ0) is 14.4. The standard InChI is InChI=1S/C14H20N2O3/c1-5-7-15-8-11(17)12-9(3)13(16-10(12)4)14(18)19-6-2/h5,15-16H,1,6-8H2,2-4H3. The van der Waals surface area contributed by atoms with Gasteiger partial charge in [0, 0.05) is 17.8 Å². The number of rotatable bonds is 7. The second kappa shape index (κ2) is 6.89. The molecule has 5 nitrogen and oxygen atoms in total. The molecule has 0 atom stereocenters. The Labute approximate surface area is 113 Å². The van der Waals surface area contributed by atoms with E-state index in [-0.39, 0.29) is 12.3 Å². The first-order valence-corrected chi connectivity index (χ1v) is 6.24. The number of Topliss-reactive ketones (excluding diaryl/α,β-unsaturated/α-hetero) is 1. The highest BCUT2D eigenvalue weighted by Gasteiger charge is 2.22. The molecule has 0 saturated heterocycles. The molecule has 0 radical (unpaired) electrons. The average molecular weight is 264 g/mol. The number of aryl methyl sites for hydroxylation is 1. The topological polar surface area (TPSA) is 71.2 Å². The fourth-order valence-electron chi connectivity index (χ4n) is 1.95. The van der Waals surface area contributed by atoms with Crippen molar-refractivity contribution in [3.63, 3.8) is 0 Å². The van der Waals surface area contributed by atoms with Crippen LogP contribution in [0.4, 0.5) is 0 Å². The van der Waals surface area contributed by atoms with E-state index in [1.54, 1.807) is 26.8 Å². The van der Waals surface area contributed by atoms with Crippen LogP contribution < -0.4 is 5.32 Å². The smallest absolute Gasteiger partial charge is 0.355 e. The number of carbonyl (C=O) groups is 2. The van der Waals surface area contributed by atoms with Gasteiger partial charge in [0.25, 0.3) is 0 Å². The second-order valence-corrected chi connectivity index (χ2v) is 4.19. The Hall–Kier alpha value is -1.88. The molecule has 0 aromatic carbocycles. The Balaban J connectivity index is 2.93. The van der Waals surface area contributed by atoms with Crippen molar-refractivity contribution in [3.8, 4) is 0 Å². The maximum atomic E-state index is 12.1. The minimum Gasteiger partial charge on any atom is -0.461 e. The van der Waals surface area contributed by atoms with Gasteiger partial charge in [0.15, 0.2) is 5.78 Å². The maximum Gasteiger partial charge on any atom is 0.355 e. The van der Waals surface area contributed by atoms with E-state index >= 15 is 0 Å². The summed E-state index contributed by atoms with van der Waals surface area (Å²) >= 11 is 0. The number of carbonyl (C=O) groups excluding carboxylic acids is 2. The largest absolute Gasteiger partial charge is 0.461 e. The van der Waals surface area contributed by atoms with Gasteiger partial charge in [0.2, 0.25) is 0 Å². The van der Waals surface area contributed by atoms with E-state index in [0.717, 1.165) is 0 Å². The van der Waals surface area contributed by atoms with Gasteiger partial charge in [-0.25, -0.2) is 4.79 Å². The summed E-state index contributed by atoms with van der Waals surface area (Å²) in [6.07, 6.45) is 1.69. The number of aromatic amines is 1. The molecule has 0 bridgehead atoms. The Bertz CT molecular complexity index is 489. The monoisotopic (exact) mass is 264 g/mol. The molecule has 1 aromatic heterocycles. The number of ether oxygens (including phenoxy) is 1. The molecular formula is C14H20N2O3. The Morgan fingerprint density at radius 2 is 2.11 bits per heavy atom. The lowest BCUT2D eigenvalue weighted by Gasteiger charge is -2.03. The number of esters is 1. The fourth-order valence-corrected chi connectivity index (χ4v) is 1.95. The van der Waals surface area contributed by atoms with Crippen molar-refractivity contribution in [3.05, 3.63) is 35.2 Å². The summed E-state index contributed by atoms with van der Waals surface area (Å²) in [4.78, 5) is 26.7. The molecule has 5 heteroatoms. The molecule has 0 aliphatic rings. The highest BCUT2D eigenvalue weighted by Crippen LogP contribution is 2.19. The summed E-state index contributed by atoms with van der Waals surface area (Å²) in [5.41, 5.74) is 2.23. The molecule has 0 unspecified atom stereocenters. The van der Waals surface area contributed by atoms with Crippen LogP contribution >= 0.6 is 0 Å². The zero-order valence-corrected chi connectivity index (χ0v) is 11.6. The lowest BCUT2D eigenvalue weighted by molar-refractivity contribution is 0.0519. The molecule has 104 valence electrons. The van der Waals surface area contributed by atoms with Gasteiger partial charge in [-0.2, -0.15) is 0 Å². The predicted octanol–water partition coefficient (Wildman–Crippen LogP) is 1.77. The molecule has 19 heavy (non-hydrogen) atoms. The van der Waals surface area contributed by atoms with Crippen molar-refractivity contribution < 1.29 is 14.3 Å².